The van der Waals surface area contributed by atoms with Crippen LogP contribution in [0.3, 0.4) is 0 Å². The summed E-state index contributed by atoms with van der Waals surface area (Å²) in [7, 11) is 0. The molecule has 38 heavy (non-hydrogen) atoms. The molecule has 4 N–H and O–H groups in total. The van der Waals surface area contributed by atoms with Gasteiger partial charge in [0.15, 0.2) is 17.3 Å². The fourth-order valence-electron chi connectivity index (χ4n) is 4.01. The molecule has 0 radical (unpaired) electrons. The van der Waals surface area contributed by atoms with Crippen LogP contribution in [-0.2, 0) is 11.2 Å². The van der Waals surface area contributed by atoms with E-state index in [0.29, 0.717) is 55.1 Å². The molecule has 8 nitrogen and oxygen atoms in total. The van der Waals surface area contributed by atoms with E-state index in [1.807, 2.05) is 45.2 Å². The average molecular weight is 739 g/mol. The van der Waals surface area contributed by atoms with E-state index in [-0.39, 0.29) is 46.5 Å². The van der Waals surface area contributed by atoms with E-state index >= 15 is 0 Å². The van der Waals surface area contributed by atoms with Gasteiger partial charge in [0.2, 0.25) is 5.91 Å². The van der Waals surface area contributed by atoms with Gasteiger partial charge in [-0.2, -0.15) is 0 Å². The molecule has 1 amide bonds. The molecule has 0 unspecified atom stereocenters. The summed E-state index contributed by atoms with van der Waals surface area (Å²) >= 11 is 3.92. The molecule has 10 heteroatoms. The zero-order valence-electron chi connectivity index (χ0n) is 20.0. The maximum Gasteiger partial charge on any atom is 0.343 e. The van der Waals surface area contributed by atoms with Crippen LogP contribution in [0.4, 0.5) is 0 Å². The lowest BCUT2D eigenvalue weighted by molar-refractivity contribution is -0.118. The van der Waals surface area contributed by atoms with Gasteiger partial charge in [0.1, 0.15) is 17.1 Å². The van der Waals surface area contributed by atoms with E-state index in [2.05, 4.69) is 0 Å². The first-order valence-electron chi connectivity index (χ1n) is 11.7. The standard InChI is InChI=1S/C28H23I2NO7/c29-18-11-16(12-19(30)27(18)35)26(34)25-17-13-20(32)23(38-28(36)15-7-3-1-4-8-15)14-22(17)37-21(25)9-5-2-6-10-24(31)33/h1,3-4,7-8,11-14,32,35H,2,5-6,9-10H2,(H2,31,33). The van der Waals surface area contributed by atoms with E-state index in [9.17, 15) is 24.6 Å². The Morgan fingerprint density at radius 1 is 0.895 bits per heavy atom. The molecule has 0 aliphatic heterocycles. The number of nitrogens with two attached hydrogens (primary N) is 1. The predicted octanol–water partition coefficient (Wildman–Crippen LogP) is 6.09. The second kappa shape index (κ2) is 12.2. The third-order valence-corrected chi connectivity index (χ3v) is 7.53. The summed E-state index contributed by atoms with van der Waals surface area (Å²) in [6.07, 6.45) is 2.64. The number of aromatic hydroxyl groups is 2. The minimum absolute atomic E-state index is 0.0944. The number of rotatable bonds is 10. The number of aryl methyl sites for hydroxylation is 1. The molecule has 0 fully saturated rings. The number of primary amides is 1. The van der Waals surface area contributed by atoms with Crippen molar-refractivity contribution >= 4 is 73.8 Å². The smallest absolute Gasteiger partial charge is 0.343 e. The summed E-state index contributed by atoms with van der Waals surface area (Å²) in [6.45, 7) is 0. The van der Waals surface area contributed by atoms with Crippen molar-refractivity contribution in [2.24, 2.45) is 5.73 Å². The molecule has 0 spiro atoms. The number of amides is 1. The number of furan rings is 1. The molecule has 0 saturated carbocycles. The van der Waals surface area contributed by atoms with Gasteiger partial charge in [0.05, 0.1) is 18.3 Å². The van der Waals surface area contributed by atoms with E-state index in [4.69, 9.17) is 14.9 Å². The highest BCUT2D eigenvalue weighted by Crippen LogP contribution is 2.38. The molecule has 4 rings (SSSR count). The first kappa shape index (κ1) is 27.9. The number of hydrogen-bond acceptors (Lipinski definition) is 7. The predicted molar refractivity (Wildman–Crippen MR) is 158 cm³/mol. The molecule has 0 aliphatic rings. The lowest BCUT2D eigenvalue weighted by Gasteiger charge is -2.08. The Morgan fingerprint density at radius 3 is 2.24 bits per heavy atom. The van der Waals surface area contributed by atoms with Gasteiger partial charge in [-0.25, -0.2) is 4.79 Å². The van der Waals surface area contributed by atoms with Crippen molar-refractivity contribution in [2.45, 2.75) is 32.1 Å². The van der Waals surface area contributed by atoms with Crippen LogP contribution < -0.4 is 10.5 Å². The van der Waals surface area contributed by atoms with E-state index < -0.39 is 5.97 Å². The number of phenolic OH excluding ortho intramolecular Hbond substituents is 2. The van der Waals surface area contributed by atoms with Gasteiger partial charge < -0.3 is 25.1 Å². The van der Waals surface area contributed by atoms with Crippen molar-refractivity contribution in [3.05, 3.63) is 84.2 Å². The zero-order chi connectivity index (χ0) is 27.4. The van der Waals surface area contributed by atoms with E-state index in [1.54, 1.807) is 42.5 Å². The maximum absolute atomic E-state index is 13.7. The molecule has 196 valence electrons. The van der Waals surface area contributed by atoms with Crippen LogP contribution in [0.2, 0.25) is 0 Å². The monoisotopic (exact) mass is 739 g/mol. The van der Waals surface area contributed by atoms with Crippen LogP contribution in [0, 0.1) is 7.14 Å². The fraction of sp³-hybridized carbons (Fsp3) is 0.179. The Hall–Kier alpha value is -3.13. The summed E-state index contributed by atoms with van der Waals surface area (Å²) in [5, 5.41) is 21.2. The number of esters is 1. The second-order valence-electron chi connectivity index (χ2n) is 8.62. The van der Waals surface area contributed by atoms with Crippen LogP contribution >= 0.6 is 45.2 Å². The first-order valence-corrected chi connectivity index (χ1v) is 13.9. The Labute approximate surface area is 245 Å². The number of ether oxygens (including phenoxy) is 1. The summed E-state index contributed by atoms with van der Waals surface area (Å²) in [4.78, 5) is 37.3. The molecular weight excluding hydrogens is 716 g/mol. The summed E-state index contributed by atoms with van der Waals surface area (Å²) in [5.41, 5.74) is 6.45. The van der Waals surface area contributed by atoms with Crippen LogP contribution in [0.5, 0.6) is 17.2 Å². The fourth-order valence-corrected chi connectivity index (χ4v) is 5.77. The Morgan fingerprint density at radius 2 is 1.58 bits per heavy atom. The number of phenols is 2. The van der Waals surface area contributed by atoms with Crippen LogP contribution in [0.1, 0.15) is 57.7 Å². The third-order valence-electron chi connectivity index (χ3n) is 5.89. The van der Waals surface area contributed by atoms with E-state index in [0.717, 1.165) is 0 Å². The van der Waals surface area contributed by atoms with Crippen molar-refractivity contribution in [3.63, 3.8) is 0 Å². The van der Waals surface area contributed by atoms with Gasteiger partial charge in [-0.1, -0.05) is 24.6 Å². The molecule has 1 aromatic heterocycles. The Bertz CT molecular complexity index is 1510. The minimum Gasteiger partial charge on any atom is -0.506 e. The zero-order valence-corrected chi connectivity index (χ0v) is 24.3. The maximum atomic E-state index is 13.7. The van der Waals surface area contributed by atoms with Gasteiger partial charge in [-0.3, -0.25) is 9.59 Å². The van der Waals surface area contributed by atoms with Gasteiger partial charge >= 0.3 is 5.97 Å². The van der Waals surface area contributed by atoms with Crippen molar-refractivity contribution in [3.8, 4) is 17.2 Å². The highest BCUT2D eigenvalue weighted by molar-refractivity contribution is 14.1. The molecule has 0 bridgehead atoms. The van der Waals surface area contributed by atoms with Crippen molar-refractivity contribution < 1.29 is 33.8 Å². The summed E-state index contributed by atoms with van der Waals surface area (Å²) < 4.78 is 12.5. The van der Waals surface area contributed by atoms with Crippen LogP contribution in [0.15, 0.2) is 59.0 Å². The van der Waals surface area contributed by atoms with Crippen LogP contribution in [-0.4, -0.2) is 27.9 Å². The average Bonchev–Trinajstić information content (AvgIpc) is 3.23. The van der Waals surface area contributed by atoms with Crippen LogP contribution in [0.25, 0.3) is 11.0 Å². The van der Waals surface area contributed by atoms with Crippen molar-refractivity contribution in [1.82, 2.24) is 0 Å². The number of halogens is 2. The summed E-state index contributed by atoms with van der Waals surface area (Å²) in [6, 6.07) is 14.3. The SMILES string of the molecule is NC(=O)CCCCCc1oc2cc(OC(=O)c3ccccc3)c(O)cc2c1C(=O)c1cc(I)c(O)c(I)c1. The van der Waals surface area contributed by atoms with Crippen molar-refractivity contribution in [2.75, 3.05) is 0 Å². The molecule has 4 aromatic rings. The normalized spacial score (nSPS) is 11.0. The topological polar surface area (TPSA) is 140 Å². The van der Waals surface area contributed by atoms with Gasteiger partial charge in [-0.15, -0.1) is 0 Å². The first-order chi connectivity index (χ1) is 18.2. The number of benzene rings is 3. The Balaban J connectivity index is 1.72. The van der Waals surface area contributed by atoms with E-state index in [1.165, 1.54) is 12.1 Å². The molecule has 3 aromatic carbocycles. The highest BCUT2D eigenvalue weighted by Gasteiger charge is 2.25. The molecular formula is C28H23I2NO7. The molecule has 0 aliphatic carbocycles. The van der Waals surface area contributed by atoms with Crippen molar-refractivity contribution in [1.29, 1.82) is 0 Å². The number of carbonyl (C=O) groups is 3. The lowest BCUT2D eigenvalue weighted by atomic mass is 9.97. The minimum atomic E-state index is -0.647. The van der Waals surface area contributed by atoms with Gasteiger partial charge in [0.25, 0.3) is 0 Å². The second-order valence-corrected chi connectivity index (χ2v) is 10.9. The molecule has 0 saturated heterocycles. The quantitative estimate of drug-likeness (QED) is 0.0588. The number of unbranched alkanes of at least 4 members (excludes halogenated alkanes) is 2. The van der Waals surface area contributed by atoms with Gasteiger partial charge in [-0.05, 0) is 88.4 Å². The lowest BCUT2D eigenvalue weighted by Crippen LogP contribution is -2.09. The molecule has 1 heterocycles. The number of ketones is 1. The molecule has 0 atom stereocenters. The largest absolute Gasteiger partial charge is 0.506 e. The number of carbonyl (C=O) groups excluding carboxylic acids is 3. The van der Waals surface area contributed by atoms with Gasteiger partial charge in [0, 0.05) is 29.9 Å². The summed E-state index contributed by atoms with van der Waals surface area (Å²) in [5.74, 6) is -1.26. The number of fused-ring (bicyclic) bond motifs is 1. The highest BCUT2D eigenvalue weighted by atomic mass is 127. The third kappa shape index (κ3) is 6.29. The number of hydrogen-bond donors (Lipinski definition) is 3. The Kier molecular flexibility index (Phi) is 8.92.